The Bertz CT molecular complexity index is 1290. The summed E-state index contributed by atoms with van der Waals surface area (Å²) in [5.41, 5.74) is 5.91. The minimum Gasteiger partial charge on any atom is -0.489 e. The lowest BCUT2D eigenvalue weighted by molar-refractivity contribution is 0.0955. The number of hydrogen-bond acceptors (Lipinski definition) is 4. The molecular formula is C28H22BrClN2O3. The fourth-order valence-electron chi connectivity index (χ4n) is 3.11. The molecule has 0 saturated carbocycles. The summed E-state index contributed by atoms with van der Waals surface area (Å²) in [6, 6.07) is 29.8. The van der Waals surface area contributed by atoms with Crippen molar-refractivity contribution >= 4 is 39.7 Å². The Morgan fingerprint density at radius 2 is 1.46 bits per heavy atom. The van der Waals surface area contributed by atoms with Crippen LogP contribution in [0.4, 0.5) is 0 Å². The molecular weight excluding hydrogens is 528 g/mol. The van der Waals surface area contributed by atoms with Gasteiger partial charge in [0.25, 0.3) is 5.91 Å². The van der Waals surface area contributed by atoms with Crippen LogP contribution >= 0.6 is 27.5 Å². The highest BCUT2D eigenvalue weighted by Crippen LogP contribution is 2.17. The average Bonchev–Trinajstić information content (AvgIpc) is 2.88. The predicted molar refractivity (Wildman–Crippen MR) is 142 cm³/mol. The summed E-state index contributed by atoms with van der Waals surface area (Å²) in [6.07, 6.45) is 1.57. The minimum atomic E-state index is -0.309. The number of nitrogens with one attached hydrogen (secondary N) is 1. The number of carbonyl (C=O) groups is 1. The first kappa shape index (κ1) is 24.5. The number of benzene rings is 4. The number of halogens is 2. The summed E-state index contributed by atoms with van der Waals surface area (Å²) in [5, 5.41) is 4.75. The molecule has 4 rings (SSSR count). The van der Waals surface area contributed by atoms with Crippen LogP contribution in [0.15, 0.2) is 107 Å². The van der Waals surface area contributed by atoms with Gasteiger partial charge in [-0.15, -0.1) is 0 Å². The SMILES string of the molecule is O=C(N/N=C\c1cccc(OCc2ccc(Cl)cc2)c1)c1ccc(OCc2ccc(Br)cc2)cc1. The van der Waals surface area contributed by atoms with Crippen molar-refractivity contribution in [3.05, 3.63) is 129 Å². The fourth-order valence-corrected chi connectivity index (χ4v) is 3.50. The fraction of sp³-hybridized carbons (Fsp3) is 0.0714. The molecule has 5 nitrogen and oxygen atoms in total. The molecule has 176 valence electrons. The summed E-state index contributed by atoms with van der Waals surface area (Å²) in [6.45, 7) is 0.878. The molecule has 4 aromatic carbocycles. The highest BCUT2D eigenvalue weighted by Gasteiger charge is 2.05. The molecule has 0 radical (unpaired) electrons. The number of carbonyl (C=O) groups excluding carboxylic acids is 1. The lowest BCUT2D eigenvalue weighted by Crippen LogP contribution is -2.17. The Morgan fingerprint density at radius 3 is 2.14 bits per heavy atom. The van der Waals surface area contributed by atoms with Crippen molar-refractivity contribution in [3.8, 4) is 11.5 Å². The van der Waals surface area contributed by atoms with Gasteiger partial charge in [-0.2, -0.15) is 5.10 Å². The van der Waals surface area contributed by atoms with Crippen molar-refractivity contribution in [3.63, 3.8) is 0 Å². The molecule has 0 unspecified atom stereocenters. The third-order valence-corrected chi connectivity index (χ3v) is 5.77. The van der Waals surface area contributed by atoms with Gasteiger partial charge in [0.15, 0.2) is 0 Å². The van der Waals surface area contributed by atoms with E-state index in [1.807, 2.05) is 72.8 Å². The van der Waals surface area contributed by atoms with Gasteiger partial charge in [-0.3, -0.25) is 4.79 Å². The van der Waals surface area contributed by atoms with Crippen LogP contribution in [0.3, 0.4) is 0 Å². The zero-order chi connectivity index (χ0) is 24.5. The molecule has 0 aliphatic rings. The Balaban J connectivity index is 1.26. The number of nitrogens with zero attached hydrogens (tertiary/aromatic N) is 1. The monoisotopic (exact) mass is 548 g/mol. The molecule has 0 atom stereocenters. The molecule has 4 aromatic rings. The molecule has 7 heteroatoms. The van der Waals surface area contributed by atoms with E-state index in [0.29, 0.717) is 35.3 Å². The van der Waals surface area contributed by atoms with Gasteiger partial charge in [-0.25, -0.2) is 5.43 Å². The Labute approximate surface area is 217 Å². The Hall–Kier alpha value is -3.61. The van der Waals surface area contributed by atoms with Gasteiger partial charge in [0, 0.05) is 15.1 Å². The van der Waals surface area contributed by atoms with Gasteiger partial charge in [-0.1, -0.05) is 63.9 Å². The molecule has 0 aliphatic carbocycles. The van der Waals surface area contributed by atoms with E-state index in [-0.39, 0.29) is 5.91 Å². The second-order valence-corrected chi connectivity index (χ2v) is 8.98. The van der Waals surface area contributed by atoms with Gasteiger partial charge >= 0.3 is 0 Å². The third-order valence-electron chi connectivity index (χ3n) is 4.99. The molecule has 0 fully saturated rings. The first-order chi connectivity index (χ1) is 17.0. The van der Waals surface area contributed by atoms with Crippen molar-refractivity contribution in [1.29, 1.82) is 0 Å². The summed E-state index contributed by atoms with van der Waals surface area (Å²) >= 11 is 9.33. The van der Waals surface area contributed by atoms with Gasteiger partial charge in [0.1, 0.15) is 24.7 Å². The van der Waals surface area contributed by atoms with Crippen molar-refractivity contribution in [2.24, 2.45) is 5.10 Å². The van der Waals surface area contributed by atoms with Crippen LogP contribution < -0.4 is 14.9 Å². The van der Waals surface area contributed by atoms with E-state index < -0.39 is 0 Å². The highest BCUT2D eigenvalue weighted by molar-refractivity contribution is 9.10. The van der Waals surface area contributed by atoms with Gasteiger partial charge < -0.3 is 9.47 Å². The van der Waals surface area contributed by atoms with Crippen molar-refractivity contribution in [2.45, 2.75) is 13.2 Å². The Morgan fingerprint density at radius 1 is 0.829 bits per heavy atom. The molecule has 0 bridgehead atoms. The van der Waals surface area contributed by atoms with Crippen molar-refractivity contribution < 1.29 is 14.3 Å². The number of hydrazone groups is 1. The highest BCUT2D eigenvalue weighted by atomic mass is 79.9. The lowest BCUT2D eigenvalue weighted by Gasteiger charge is -2.07. The van der Waals surface area contributed by atoms with Crippen LogP contribution in [0.5, 0.6) is 11.5 Å². The lowest BCUT2D eigenvalue weighted by atomic mass is 10.2. The van der Waals surface area contributed by atoms with E-state index in [2.05, 4.69) is 26.5 Å². The van der Waals surface area contributed by atoms with E-state index in [4.69, 9.17) is 21.1 Å². The Kier molecular flexibility index (Phi) is 8.54. The number of rotatable bonds is 9. The largest absolute Gasteiger partial charge is 0.489 e. The van der Waals surface area contributed by atoms with Crippen LogP contribution in [0.2, 0.25) is 5.02 Å². The summed E-state index contributed by atoms with van der Waals surface area (Å²) in [4.78, 5) is 12.4. The summed E-state index contributed by atoms with van der Waals surface area (Å²) < 4.78 is 12.6. The first-order valence-corrected chi connectivity index (χ1v) is 12.0. The van der Waals surface area contributed by atoms with Crippen molar-refractivity contribution in [1.82, 2.24) is 5.43 Å². The molecule has 0 saturated heterocycles. The van der Waals surface area contributed by atoms with E-state index in [0.717, 1.165) is 21.2 Å². The third kappa shape index (κ3) is 7.70. The summed E-state index contributed by atoms with van der Waals surface area (Å²) in [7, 11) is 0. The molecule has 1 N–H and O–H groups in total. The van der Waals surface area contributed by atoms with E-state index in [9.17, 15) is 4.79 Å². The van der Waals surface area contributed by atoms with Crippen LogP contribution in [-0.2, 0) is 13.2 Å². The van der Waals surface area contributed by atoms with Crippen LogP contribution in [0.1, 0.15) is 27.0 Å². The summed E-state index contributed by atoms with van der Waals surface area (Å²) in [5.74, 6) is 1.08. The smallest absolute Gasteiger partial charge is 0.271 e. The molecule has 0 heterocycles. The quantitative estimate of drug-likeness (QED) is 0.180. The van der Waals surface area contributed by atoms with E-state index >= 15 is 0 Å². The van der Waals surface area contributed by atoms with Crippen molar-refractivity contribution in [2.75, 3.05) is 0 Å². The second kappa shape index (κ2) is 12.2. The minimum absolute atomic E-state index is 0.309. The van der Waals surface area contributed by atoms with Gasteiger partial charge in [0.05, 0.1) is 6.21 Å². The normalized spacial score (nSPS) is 10.8. The van der Waals surface area contributed by atoms with Crippen LogP contribution in [0, 0.1) is 0 Å². The van der Waals surface area contributed by atoms with Gasteiger partial charge in [0.2, 0.25) is 0 Å². The first-order valence-electron chi connectivity index (χ1n) is 10.8. The maximum Gasteiger partial charge on any atom is 0.271 e. The maximum atomic E-state index is 12.4. The molecule has 0 spiro atoms. The van der Waals surface area contributed by atoms with Crippen LogP contribution in [0.25, 0.3) is 0 Å². The maximum absolute atomic E-state index is 12.4. The van der Waals surface area contributed by atoms with Gasteiger partial charge in [-0.05, 0) is 77.4 Å². The zero-order valence-electron chi connectivity index (χ0n) is 18.7. The number of ether oxygens (including phenoxy) is 2. The van der Waals surface area contributed by atoms with Crippen LogP contribution in [-0.4, -0.2) is 12.1 Å². The average molecular weight is 550 g/mol. The number of amides is 1. The molecule has 0 aromatic heterocycles. The molecule has 1 amide bonds. The predicted octanol–water partition coefficient (Wildman–Crippen LogP) is 7.02. The zero-order valence-corrected chi connectivity index (χ0v) is 21.0. The molecule has 35 heavy (non-hydrogen) atoms. The second-order valence-electron chi connectivity index (χ2n) is 7.63. The standard InChI is InChI=1S/C28H22BrClN2O3/c29-24-10-4-20(5-11-24)18-34-26-14-8-23(9-15-26)28(33)32-31-17-22-2-1-3-27(16-22)35-19-21-6-12-25(30)13-7-21/h1-17H,18-19H2,(H,32,33)/b31-17-. The van der Waals surface area contributed by atoms with E-state index in [1.54, 1.807) is 30.5 Å². The molecule has 0 aliphatic heterocycles. The number of hydrogen-bond donors (Lipinski definition) is 1. The van der Waals surface area contributed by atoms with E-state index in [1.165, 1.54) is 0 Å². The topological polar surface area (TPSA) is 59.9 Å².